The molecular formula is C15H26N4. The van der Waals surface area contributed by atoms with E-state index in [-0.39, 0.29) is 0 Å². The Morgan fingerprint density at radius 3 is 2.42 bits per heavy atom. The van der Waals surface area contributed by atoms with Crippen LogP contribution >= 0.6 is 0 Å². The van der Waals surface area contributed by atoms with E-state index in [0.717, 1.165) is 18.2 Å². The Kier molecular flexibility index (Phi) is 3.87. The average molecular weight is 262 g/mol. The molecule has 1 aromatic heterocycles. The van der Waals surface area contributed by atoms with Gasteiger partial charge in [-0.25, -0.2) is 0 Å². The van der Waals surface area contributed by atoms with Crippen molar-refractivity contribution in [1.29, 1.82) is 0 Å². The zero-order valence-electron chi connectivity index (χ0n) is 12.0. The van der Waals surface area contributed by atoms with Crippen molar-refractivity contribution in [2.24, 2.45) is 11.7 Å². The highest BCUT2D eigenvalue weighted by Gasteiger charge is 2.25. The molecule has 1 heterocycles. The van der Waals surface area contributed by atoms with Gasteiger partial charge in [-0.1, -0.05) is 12.8 Å². The second-order valence-corrected chi connectivity index (χ2v) is 6.46. The van der Waals surface area contributed by atoms with Crippen molar-refractivity contribution in [1.82, 2.24) is 14.8 Å². The van der Waals surface area contributed by atoms with E-state index >= 15 is 0 Å². The van der Waals surface area contributed by atoms with E-state index in [1.807, 2.05) is 0 Å². The maximum absolute atomic E-state index is 5.99. The third-order valence-corrected chi connectivity index (χ3v) is 4.99. The van der Waals surface area contributed by atoms with Crippen LogP contribution in [0.3, 0.4) is 0 Å². The van der Waals surface area contributed by atoms with Crippen LogP contribution in [0.4, 0.5) is 0 Å². The summed E-state index contributed by atoms with van der Waals surface area (Å²) in [4.78, 5) is 0. The van der Waals surface area contributed by atoms with Gasteiger partial charge in [-0.2, -0.15) is 0 Å². The number of hydrogen-bond donors (Lipinski definition) is 1. The predicted octanol–water partition coefficient (Wildman–Crippen LogP) is 2.76. The lowest BCUT2D eigenvalue weighted by Crippen LogP contribution is -2.28. The molecule has 2 aliphatic carbocycles. The first kappa shape index (κ1) is 13.1. The zero-order chi connectivity index (χ0) is 13.2. The minimum Gasteiger partial charge on any atom is -0.328 e. The molecule has 2 saturated carbocycles. The van der Waals surface area contributed by atoms with Crippen LogP contribution < -0.4 is 5.73 Å². The number of nitrogens with two attached hydrogens (primary N) is 1. The maximum atomic E-state index is 5.99. The van der Waals surface area contributed by atoms with Crippen LogP contribution in [-0.2, 0) is 6.42 Å². The molecule has 0 unspecified atom stereocenters. The molecule has 4 nitrogen and oxygen atoms in total. The molecular weight excluding hydrogens is 236 g/mol. The van der Waals surface area contributed by atoms with Crippen molar-refractivity contribution in [3.05, 3.63) is 11.6 Å². The molecule has 1 aromatic rings. The molecule has 3 rings (SSSR count). The summed E-state index contributed by atoms with van der Waals surface area (Å²) in [5.74, 6) is 3.10. The fraction of sp³-hybridized carbons (Fsp3) is 0.867. The standard InChI is InChI=1S/C15H26N4/c1-11-17-18-15(19(11)14-4-2-3-5-14)10-12-6-8-13(16)9-7-12/h12-14H,2-10,16H2,1H3. The largest absolute Gasteiger partial charge is 0.328 e. The molecule has 0 bridgehead atoms. The van der Waals surface area contributed by atoms with Crippen LogP contribution in [0.25, 0.3) is 0 Å². The molecule has 0 saturated heterocycles. The van der Waals surface area contributed by atoms with Crippen molar-refractivity contribution >= 4 is 0 Å². The number of aryl methyl sites for hydroxylation is 1. The normalized spacial score (nSPS) is 28.9. The zero-order valence-corrected chi connectivity index (χ0v) is 12.0. The van der Waals surface area contributed by atoms with E-state index in [1.165, 1.54) is 57.2 Å². The van der Waals surface area contributed by atoms with Crippen molar-refractivity contribution in [3.63, 3.8) is 0 Å². The Hall–Kier alpha value is -0.900. The van der Waals surface area contributed by atoms with Gasteiger partial charge in [0.05, 0.1) is 0 Å². The Bertz CT molecular complexity index is 412. The lowest BCUT2D eigenvalue weighted by atomic mass is 9.84. The monoisotopic (exact) mass is 262 g/mol. The Morgan fingerprint density at radius 1 is 1.05 bits per heavy atom. The van der Waals surface area contributed by atoms with Gasteiger partial charge in [0.1, 0.15) is 11.6 Å². The van der Waals surface area contributed by atoms with Gasteiger partial charge in [0.2, 0.25) is 0 Å². The van der Waals surface area contributed by atoms with Crippen LogP contribution in [0.1, 0.15) is 69.1 Å². The van der Waals surface area contributed by atoms with Gasteiger partial charge in [-0.05, 0) is 51.4 Å². The van der Waals surface area contributed by atoms with Crippen molar-refractivity contribution in [2.75, 3.05) is 0 Å². The van der Waals surface area contributed by atoms with Gasteiger partial charge in [-0.15, -0.1) is 10.2 Å². The van der Waals surface area contributed by atoms with Crippen LogP contribution in [0.5, 0.6) is 0 Å². The van der Waals surface area contributed by atoms with E-state index in [0.29, 0.717) is 12.1 Å². The number of rotatable bonds is 3. The molecule has 2 fully saturated rings. The SMILES string of the molecule is Cc1nnc(CC2CCC(N)CC2)n1C1CCCC1. The predicted molar refractivity (Wildman–Crippen MR) is 75.9 cm³/mol. The molecule has 0 spiro atoms. The fourth-order valence-corrected chi connectivity index (χ4v) is 3.84. The second-order valence-electron chi connectivity index (χ2n) is 6.46. The molecule has 0 radical (unpaired) electrons. The summed E-state index contributed by atoms with van der Waals surface area (Å²) in [7, 11) is 0. The minimum absolute atomic E-state index is 0.436. The second kappa shape index (κ2) is 5.61. The van der Waals surface area contributed by atoms with Gasteiger partial charge in [0, 0.05) is 18.5 Å². The van der Waals surface area contributed by atoms with Crippen LogP contribution in [0.2, 0.25) is 0 Å². The van der Waals surface area contributed by atoms with E-state index in [9.17, 15) is 0 Å². The lowest BCUT2D eigenvalue weighted by molar-refractivity contribution is 0.314. The molecule has 2 N–H and O–H groups in total. The summed E-state index contributed by atoms with van der Waals surface area (Å²) in [6, 6.07) is 1.10. The fourth-order valence-electron chi connectivity index (χ4n) is 3.84. The highest BCUT2D eigenvalue weighted by atomic mass is 15.3. The number of nitrogens with zero attached hydrogens (tertiary/aromatic N) is 3. The van der Waals surface area contributed by atoms with Crippen molar-refractivity contribution in [2.45, 2.75) is 76.8 Å². The first-order chi connectivity index (χ1) is 9.24. The molecule has 4 heteroatoms. The molecule has 0 aromatic carbocycles. The van der Waals surface area contributed by atoms with E-state index in [1.54, 1.807) is 0 Å². The molecule has 0 amide bonds. The maximum Gasteiger partial charge on any atom is 0.133 e. The Morgan fingerprint density at radius 2 is 1.74 bits per heavy atom. The van der Waals surface area contributed by atoms with E-state index in [2.05, 4.69) is 21.7 Å². The van der Waals surface area contributed by atoms with Gasteiger partial charge in [0.15, 0.2) is 0 Å². The number of aromatic nitrogens is 3. The van der Waals surface area contributed by atoms with Crippen molar-refractivity contribution < 1.29 is 0 Å². The quantitative estimate of drug-likeness (QED) is 0.911. The summed E-state index contributed by atoms with van der Waals surface area (Å²) in [5.41, 5.74) is 5.99. The third kappa shape index (κ3) is 2.83. The van der Waals surface area contributed by atoms with Crippen LogP contribution in [0.15, 0.2) is 0 Å². The molecule has 0 aliphatic heterocycles. The Balaban J connectivity index is 1.70. The minimum atomic E-state index is 0.436. The lowest BCUT2D eigenvalue weighted by Gasteiger charge is -2.26. The van der Waals surface area contributed by atoms with E-state index in [4.69, 9.17) is 5.73 Å². The van der Waals surface area contributed by atoms with Crippen LogP contribution in [0, 0.1) is 12.8 Å². The topological polar surface area (TPSA) is 56.7 Å². The van der Waals surface area contributed by atoms with Gasteiger partial charge >= 0.3 is 0 Å². The van der Waals surface area contributed by atoms with E-state index < -0.39 is 0 Å². The first-order valence-electron chi connectivity index (χ1n) is 7.90. The summed E-state index contributed by atoms with van der Waals surface area (Å²) < 4.78 is 2.43. The highest BCUT2D eigenvalue weighted by molar-refractivity contribution is 5.00. The third-order valence-electron chi connectivity index (χ3n) is 4.99. The van der Waals surface area contributed by atoms with Crippen molar-refractivity contribution in [3.8, 4) is 0 Å². The first-order valence-corrected chi connectivity index (χ1v) is 7.90. The summed E-state index contributed by atoms with van der Waals surface area (Å²) >= 11 is 0. The molecule has 2 aliphatic rings. The molecule has 19 heavy (non-hydrogen) atoms. The average Bonchev–Trinajstić information content (AvgIpc) is 3.02. The summed E-state index contributed by atoms with van der Waals surface area (Å²) in [5, 5.41) is 8.79. The smallest absolute Gasteiger partial charge is 0.133 e. The van der Waals surface area contributed by atoms with Gasteiger partial charge < -0.3 is 10.3 Å². The Labute approximate surface area is 115 Å². The van der Waals surface area contributed by atoms with Crippen LogP contribution in [-0.4, -0.2) is 20.8 Å². The summed E-state index contributed by atoms with van der Waals surface area (Å²) in [6.07, 6.45) is 11.3. The highest BCUT2D eigenvalue weighted by Crippen LogP contribution is 2.33. The summed E-state index contributed by atoms with van der Waals surface area (Å²) in [6.45, 7) is 2.10. The molecule has 0 atom stereocenters. The van der Waals surface area contributed by atoms with Gasteiger partial charge in [0.25, 0.3) is 0 Å². The van der Waals surface area contributed by atoms with Gasteiger partial charge in [-0.3, -0.25) is 0 Å². The molecule has 106 valence electrons. The number of hydrogen-bond acceptors (Lipinski definition) is 3.